The maximum atomic E-state index is 8.89. The second kappa shape index (κ2) is 7.66. The predicted molar refractivity (Wildman–Crippen MR) is 83.1 cm³/mol. The van der Waals surface area contributed by atoms with Gasteiger partial charge in [-0.3, -0.25) is 0 Å². The maximum absolute atomic E-state index is 8.89. The third-order valence-electron chi connectivity index (χ3n) is 2.95. The van der Waals surface area contributed by atoms with Crippen LogP contribution in [0.15, 0.2) is 6.20 Å². The summed E-state index contributed by atoms with van der Waals surface area (Å²) in [7, 11) is 3.67. The van der Waals surface area contributed by atoms with E-state index < -0.39 is 0 Å². The van der Waals surface area contributed by atoms with Gasteiger partial charge in [0.05, 0.1) is 30.2 Å². The fraction of sp³-hybridized carbons (Fsp3) is 0.571. The van der Waals surface area contributed by atoms with Crippen molar-refractivity contribution in [1.29, 1.82) is 10.5 Å². The van der Waals surface area contributed by atoms with E-state index in [1.807, 2.05) is 37.7 Å². The summed E-state index contributed by atoms with van der Waals surface area (Å²) < 4.78 is 0. The Morgan fingerprint density at radius 3 is 2.19 bits per heavy atom. The molecule has 0 radical (unpaired) electrons. The molecular weight excluding hydrogens is 288 g/mol. The maximum Gasteiger partial charge on any atom is 0.227 e. The van der Waals surface area contributed by atoms with E-state index in [0.29, 0.717) is 29.9 Å². The molecule has 6 nitrogen and oxygen atoms in total. The fourth-order valence-electron chi connectivity index (χ4n) is 1.87. The van der Waals surface area contributed by atoms with Crippen LogP contribution in [0.1, 0.15) is 13.8 Å². The van der Waals surface area contributed by atoms with Gasteiger partial charge in [-0.15, -0.1) is 0 Å². The lowest BCUT2D eigenvalue weighted by molar-refractivity contribution is 0.693. The first-order valence-electron chi connectivity index (χ1n) is 6.63. The zero-order chi connectivity index (χ0) is 16.0. The van der Waals surface area contributed by atoms with Crippen LogP contribution in [0.25, 0.3) is 0 Å². The van der Waals surface area contributed by atoms with Gasteiger partial charge in [-0.1, -0.05) is 11.6 Å². The average molecular weight is 307 g/mol. The molecule has 2 unspecified atom stereocenters. The Hall–Kier alpha value is -2.05. The van der Waals surface area contributed by atoms with E-state index in [-0.39, 0.29) is 11.8 Å². The number of anilines is 2. The van der Waals surface area contributed by atoms with Crippen LogP contribution >= 0.6 is 11.6 Å². The van der Waals surface area contributed by atoms with Crippen LogP contribution in [0.4, 0.5) is 11.8 Å². The minimum absolute atomic E-state index is 0.117. The highest BCUT2D eigenvalue weighted by Gasteiger charge is 2.15. The second-order valence-corrected chi connectivity index (χ2v) is 5.57. The van der Waals surface area contributed by atoms with Crippen LogP contribution in [-0.2, 0) is 0 Å². The Balaban J connectivity index is 2.94. The number of aromatic nitrogens is 2. The van der Waals surface area contributed by atoms with Crippen LogP contribution in [0.3, 0.4) is 0 Å². The third-order valence-corrected chi connectivity index (χ3v) is 3.22. The van der Waals surface area contributed by atoms with Crippen LogP contribution in [0.2, 0.25) is 5.02 Å². The van der Waals surface area contributed by atoms with Crippen molar-refractivity contribution in [3.05, 3.63) is 11.2 Å². The summed E-state index contributed by atoms with van der Waals surface area (Å²) in [6.07, 6.45) is 1.54. The van der Waals surface area contributed by atoms with Gasteiger partial charge in [-0.25, -0.2) is 4.98 Å². The monoisotopic (exact) mass is 306 g/mol. The van der Waals surface area contributed by atoms with Crippen molar-refractivity contribution in [1.82, 2.24) is 9.97 Å². The van der Waals surface area contributed by atoms with E-state index in [4.69, 9.17) is 22.1 Å². The van der Waals surface area contributed by atoms with Gasteiger partial charge in [-0.05, 0) is 13.8 Å². The van der Waals surface area contributed by atoms with Crippen LogP contribution in [0, 0.1) is 34.5 Å². The van der Waals surface area contributed by atoms with Gasteiger partial charge in [0.25, 0.3) is 0 Å². The molecule has 0 aromatic carbocycles. The normalized spacial score (nSPS) is 12.9. The standard InChI is InChI=1S/C14H19ClN6/c1-10(5-16)8-20(3)13-12(15)7-18-14(19-13)21(4)9-11(2)6-17/h7,10-11H,8-9H2,1-4H3. The van der Waals surface area contributed by atoms with E-state index in [0.717, 1.165) is 0 Å². The summed E-state index contributed by atoms with van der Waals surface area (Å²) in [6.45, 7) is 4.75. The lowest BCUT2D eigenvalue weighted by atomic mass is 10.2. The summed E-state index contributed by atoms with van der Waals surface area (Å²) in [5, 5.41) is 18.2. The van der Waals surface area contributed by atoms with Gasteiger partial charge in [-0.2, -0.15) is 15.5 Å². The molecule has 21 heavy (non-hydrogen) atoms. The number of nitriles is 2. The first-order valence-corrected chi connectivity index (χ1v) is 7.00. The first kappa shape index (κ1) is 17.0. The Labute approximate surface area is 130 Å². The summed E-state index contributed by atoms with van der Waals surface area (Å²) in [5.74, 6) is 0.850. The number of halogens is 1. The number of nitrogens with zero attached hydrogens (tertiary/aromatic N) is 6. The summed E-state index contributed by atoms with van der Waals surface area (Å²) in [6, 6.07) is 4.36. The quantitative estimate of drug-likeness (QED) is 0.802. The summed E-state index contributed by atoms with van der Waals surface area (Å²) in [4.78, 5) is 12.3. The molecule has 0 saturated heterocycles. The molecule has 0 N–H and O–H groups in total. The van der Waals surface area contributed by atoms with Gasteiger partial charge in [0.15, 0.2) is 5.82 Å². The van der Waals surface area contributed by atoms with Gasteiger partial charge >= 0.3 is 0 Å². The zero-order valence-corrected chi connectivity index (χ0v) is 13.5. The SMILES string of the molecule is CC(C#N)CN(C)c1ncc(Cl)c(N(C)CC(C)C#N)n1. The smallest absolute Gasteiger partial charge is 0.227 e. The molecule has 1 aromatic rings. The molecular formula is C14H19ClN6. The molecule has 0 bridgehead atoms. The molecule has 0 aliphatic rings. The van der Waals surface area contributed by atoms with Crippen molar-refractivity contribution < 1.29 is 0 Å². The molecule has 112 valence electrons. The molecule has 1 rings (SSSR count). The molecule has 1 heterocycles. The molecule has 1 aromatic heterocycles. The third kappa shape index (κ3) is 4.77. The minimum Gasteiger partial charge on any atom is -0.357 e. The average Bonchev–Trinajstić information content (AvgIpc) is 2.46. The van der Waals surface area contributed by atoms with Crippen molar-refractivity contribution in [2.24, 2.45) is 11.8 Å². The highest BCUT2D eigenvalue weighted by atomic mass is 35.5. The Morgan fingerprint density at radius 1 is 1.14 bits per heavy atom. The summed E-state index contributed by atoms with van der Waals surface area (Å²) in [5.41, 5.74) is 0. The van der Waals surface area contributed by atoms with E-state index in [9.17, 15) is 0 Å². The van der Waals surface area contributed by atoms with Gasteiger partial charge < -0.3 is 9.80 Å². The Kier molecular flexibility index (Phi) is 6.20. The van der Waals surface area contributed by atoms with Crippen molar-refractivity contribution in [2.75, 3.05) is 37.0 Å². The topological polar surface area (TPSA) is 79.8 Å². The highest BCUT2D eigenvalue weighted by Crippen LogP contribution is 2.24. The number of rotatable bonds is 6. The van der Waals surface area contributed by atoms with Crippen LogP contribution in [-0.4, -0.2) is 37.2 Å². The van der Waals surface area contributed by atoms with Crippen LogP contribution < -0.4 is 9.80 Å². The predicted octanol–water partition coefficient (Wildman–Crippen LogP) is 2.32. The van der Waals surface area contributed by atoms with Gasteiger partial charge in [0.1, 0.15) is 5.02 Å². The first-order chi connectivity index (χ1) is 9.88. The van der Waals surface area contributed by atoms with Crippen molar-refractivity contribution in [3.8, 4) is 12.1 Å². The van der Waals surface area contributed by atoms with Crippen molar-refractivity contribution >= 4 is 23.4 Å². The second-order valence-electron chi connectivity index (χ2n) is 5.16. The molecule has 7 heteroatoms. The minimum atomic E-state index is -0.124. The molecule has 0 spiro atoms. The zero-order valence-electron chi connectivity index (χ0n) is 12.7. The number of hydrogen-bond acceptors (Lipinski definition) is 6. The van der Waals surface area contributed by atoms with E-state index in [1.54, 1.807) is 6.20 Å². The molecule has 0 amide bonds. The fourth-order valence-corrected chi connectivity index (χ4v) is 2.11. The highest BCUT2D eigenvalue weighted by molar-refractivity contribution is 6.32. The van der Waals surface area contributed by atoms with E-state index >= 15 is 0 Å². The van der Waals surface area contributed by atoms with Crippen molar-refractivity contribution in [3.63, 3.8) is 0 Å². The van der Waals surface area contributed by atoms with E-state index in [1.165, 1.54) is 0 Å². The lowest BCUT2D eigenvalue weighted by Crippen LogP contribution is -2.28. The molecule has 0 aliphatic carbocycles. The van der Waals surface area contributed by atoms with Gasteiger partial charge in [0, 0.05) is 27.2 Å². The summed E-state index contributed by atoms with van der Waals surface area (Å²) >= 11 is 6.13. The Bertz CT molecular complexity index is 562. The molecule has 0 fully saturated rings. The van der Waals surface area contributed by atoms with Crippen LogP contribution in [0.5, 0.6) is 0 Å². The molecule has 0 saturated carbocycles. The van der Waals surface area contributed by atoms with E-state index in [2.05, 4.69) is 22.1 Å². The molecule has 2 atom stereocenters. The van der Waals surface area contributed by atoms with Crippen molar-refractivity contribution in [2.45, 2.75) is 13.8 Å². The Morgan fingerprint density at radius 2 is 1.67 bits per heavy atom. The lowest BCUT2D eigenvalue weighted by Gasteiger charge is -2.23. The number of hydrogen-bond donors (Lipinski definition) is 0. The largest absolute Gasteiger partial charge is 0.357 e. The molecule has 0 aliphatic heterocycles. The van der Waals surface area contributed by atoms with Gasteiger partial charge in [0.2, 0.25) is 5.95 Å².